The molecule has 0 radical (unpaired) electrons. The first-order chi connectivity index (χ1) is 17.4. The van der Waals surface area contributed by atoms with Gasteiger partial charge in [0.05, 0.1) is 16.0 Å². The van der Waals surface area contributed by atoms with Gasteiger partial charge in [0, 0.05) is 6.04 Å². The van der Waals surface area contributed by atoms with Gasteiger partial charge in [0.15, 0.2) is 5.01 Å². The van der Waals surface area contributed by atoms with Crippen molar-refractivity contribution in [3.63, 3.8) is 0 Å². The number of nitrogens with one attached hydrogen (secondary N) is 1. The summed E-state index contributed by atoms with van der Waals surface area (Å²) in [4.78, 5) is 30.8. The molecule has 3 saturated carbocycles. The Balaban J connectivity index is 1.47. The first-order valence-corrected chi connectivity index (χ1v) is 14.9. The smallest absolute Gasteiger partial charge is 0.309 e. The first-order valence-electron chi connectivity index (χ1n) is 14.1. The summed E-state index contributed by atoms with van der Waals surface area (Å²) in [7, 11) is 0. The Kier molecular flexibility index (Phi) is 6.79. The van der Waals surface area contributed by atoms with E-state index < -0.39 is 11.4 Å². The second-order valence-electron chi connectivity index (χ2n) is 13.6. The van der Waals surface area contributed by atoms with Crippen molar-refractivity contribution in [3.8, 4) is 10.4 Å². The number of rotatable bonds is 7. The van der Waals surface area contributed by atoms with Crippen LogP contribution in [0.1, 0.15) is 119 Å². The van der Waals surface area contributed by atoms with Crippen LogP contribution in [0.25, 0.3) is 10.4 Å². The van der Waals surface area contributed by atoms with Crippen molar-refractivity contribution in [2.75, 3.05) is 0 Å². The van der Waals surface area contributed by atoms with Crippen LogP contribution >= 0.6 is 11.3 Å². The molecule has 0 unspecified atom stereocenters. The second kappa shape index (κ2) is 9.52. The fourth-order valence-corrected chi connectivity index (χ4v) is 7.03. The van der Waals surface area contributed by atoms with E-state index in [4.69, 9.17) is 4.98 Å². The molecule has 1 amide bonds. The van der Waals surface area contributed by atoms with Gasteiger partial charge in [-0.3, -0.25) is 9.59 Å². The maximum atomic E-state index is 13.3. The Morgan fingerprint density at radius 1 is 1.08 bits per heavy atom. The van der Waals surface area contributed by atoms with E-state index in [1.54, 1.807) is 6.92 Å². The van der Waals surface area contributed by atoms with Gasteiger partial charge in [0.2, 0.25) is 0 Å². The molecular weight excluding hydrogens is 480 g/mol. The molecule has 3 aliphatic carbocycles. The van der Waals surface area contributed by atoms with Crippen LogP contribution < -0.4 is 5.32 Å². The number of aliphatic carboxylic acids is 1. The van der Waals surface area contributed by atoms with Gasteiger partial charge in [-0.2, -0.15) is 0 Å². The van der Waals surface area contributed by atoms with Gasteiger partial charge in [-0.1, -0.05) is 65.9 Å². The van der Waals surface area contributed by atoms with E-state index >= 15 is 0 Å². The summed E-state index contributed by atoms with van der Waals surface area (Å²) in [5.41, 5.74) is 4.54. The van der Waals surface area contributed by atoms with E-state index in [2.05, 4.69) is 51.2 Å². The molecule has 2 N–H and O–H groups in total. The predicted molar refractivity (Wildman–Crippen MR) is 149 cm³/mol. The molecule has 37 heavy (non-hydrogen) atoms. The van der Waals surface area contributed by atoms with Gasteiger partial charge in [-0.15, -0.1) is 11.3 Å². The van der Waals surface area contributed by atoms with Crippen LogP contribution in [0, 0.1) is 11.3 Å². The number of carboxylic acid groups (broad SMARTS) is 1. The molecule has 5 nitrogen and oxygen atoms in total. The number of nitrogens with zero attached hydrogens (tertiary/aromatic N) is 1. The highest BCUT2D eigenvalue weighted by atomic mass is 32.1. The third kappa shape index (κ3) is 5.50. The lowest BCUT2D eigenvalue weighted by atomic mass is 9.67. The molecular formula is C31H42N2O3S. The zero-order valence-corrected chi connectivity index (χ0v) is 23.9. The number of carbonyl (C=O) groups is 2. The Bertz CT molecular complexity index is 1170. The summed E-state index contributed by atoms with van der Waals surface area (Å²) in [6.07, 6.45) is 10.7. The van der Waals surface area contributed by atoms with E-state index in [9.17, 15) is 14.7 Å². The van der Waals surface area contributed by atoms with Crippen molar-refractivity contribution < 1.29 is 14.7 Å². The summed E-state index contributed by atoms with van der Waals surface area (Å²) in [6.45, 7) is 10.9. The lowest BCUT2D eigenvalue weighted by Crippen LogP contribution is -2.52. The summed E-state index contributed by atoms with van der Waals surface area (Å²) < 4.78 is 0. The minimum Gasteiger partial charge on any atom is -0.481 e. The van der Waals surface area contributed by atoms with Crippen LogP contribution in [0.5, 0.6) is 0 Å². The van der Waals surface area contributed by atoms with Gasteiger partial charge >= 0.3 is 5.97 Å². The van der Waals surface area contributed by atoms with Crippen molar-refractivity contribution in [1.29, 1.82) is 0 Å². The number of amides is 1. The minimum atomic E-state index is -0.789. The third-order valence-electron chi connectivity index (χ3n) is 9.10. The summed E-state index contributed by atoms with van der Waals surface area (Å²) >= 11 is 1.51. The number of hydrogen-bond acceptors (Lipinski definition) is 4. The Labute approximate surface area is 225 Å². The first kappa shape index (κ1) is 26.4. The summed E-state index contributed by atoms with van der Waals surface area (Å²) in [6, 6.07) is 6.96. The average Bonchev–Trinajstić information content (AvgIpc) is 3.44. The van der Waals surface area contributed by atoms with E-state index in [1.165, 1.54) is 73.0 Å². The van der Waals surface area contributed by atoms with Crippen LogP contribution in [-0.4, -0.2) is 28.0 Å². The van der Waals surface area contributed by atoms with Crippen molar-refractivity contribution in [3.05, 3.63) is 40.0 Å². The lowest BCUT2D eigenvalue weighted by molar-refractivity contribution is -0.154. The molecule has 2 aromatic rings. The van der Waals surface area contributed by atoms with Gasteiger partial charge in [-0.25, -0.2) is 4.98 Å². The van der Waals surface area contributed by atoms with E-state index in [0.717, 1.165) is 17.0 Å². The minimum absolute atomic E-state index is 0.0332. The van der Waals surface area contributed by atoms with Crippen molar-refractivity contribution in [1.82, 2.24) is 10.3 Å². The predicted octanol–water partition coefficient (Wildman–Crippen LogP) is 7.27. The average molecular weight is 523 g/mol. The zero-order valence-electron chi connectivity index (χ0n) is 23.1. The van der Waals surface area contributed by atoms with E-state index in [0.29, 0.717) is 23.8 Å². The van der Waals surface area contributed by atoms with Gasteiger partial charge in [0.1, 0.15) is 0 Å². The fourth-order valence-electron chi connectivity index (χ4n) is 6.05. The molecule has 3 aliphatic rings. The molecule has 0 aliphatic heterocycles. The van der Waals surface area contributed by atoms with Crippen LogP contribution in [0.2, 0.25) is 0 Å². The van der Waals surface area contributed by atoms with Crippen LogP contribution in [0.15, 0.2) is 18.2 Å². The zero-order chi connectivity index (χ0) is 26.6. The number of thiazole rings is 1. The molecule has 0 spiro atoms. The summed E-state index contributed by atoms with van der Waals surface area (Å²) in [5.74, 6) is -0.331. The fraction of sp³-hybridized carbons (Fsp3) is 0.645. The Hall–Kier alpha value is -2.21. The second-order valence-corrected chi connectivity index (χ2v) is 14.6. The molecule has 1 aromatic carbocycles. The highest BCUT2D eigenvalue weighted by molar-refractivity contribution is 7.17. The molecule has 200 valence electrons. The Morgan fingerprint density at radius 2 is 1.76 bits per heavy atom. The highest BCUT2D eigenvalue weighted by Crippen LogP contribution is 2.50. The normalized spacial score (nSPS) is 25.4. The topological polar surface area (TPSA) is 79.3 Å². The molecule has 0 saturated heterocycles. The SMILES string of the molecule is CC(C)(C)c1cc(-c2sc(C(=O)N[C@H]3C[C@](C)(C(=O)O)C3)nc2CC2CCCCC2)cc(C2(C)CC2)c1. The van der Waals surface area contributed by atoms with E-state index in [-0.39, 0.29) is 22.8 Å². The van der Waals surface area contributed by atoms with Crippen LogP contribution in [0.4, 0.5) is 0 Å². The van der Waals surface area contributed by atoms with Gasteiger partial charge < -0.3 is 10.4 Å². The largest absolute Gasteiger partial charge is 0.481 e. The third-order valence-corrected chi connectivity index (χ3v) is 10.2. The number of carboxylic acids is 1. The monoisotopic (exact) mass is 522 g/mol. The molecule has 5 rings (SSSR count). The maximum Gasteiger partial charge on any atom is 0.309 e. The van der Waals surface area contributed by atoms with Crippen molar-refractivity contribution in [2.24, 2.45) is 11.3 Å². The van der Waals surface area contributed by atoms with Crippen LogP contribution in [0.3, 0.4) is 0 Å². The number of carbonyl (C=O) groups excluding carboxylic acids is 1. The molecule has 1 aromatic heterocycles. The molecule has 0 atom stereocenters. The maximum absolute atomic E-state index is 13.3. The molecule has 3 fully saturated rings. The quantitative estimate of drug-likeness (QED) is 0.401. The highest BCUT2D eigenvalue weighted by Gasteiger charge is 2.47. The number of aromatic nitrogens is 1. The number of hydrogen-bond donors (Lipinski definition) is 2. The Morgan fingerprint density at radius 3 is 2.35 bits per heavy atom. The van der Waals surface area contributed by atoms with Gasteiger partial charge in [0.25, 0.3) is 5.91 Å². The van der Waals surface area contributed by atoms with Crippen molar-refractivity contribution >= 4 is 23.2 Å². The van der Waals surface area contributed by atoms with Crippen LogP contribution in [-0.2, 0) is 22.0 Å². The molecule has 6 heteroatoms. The van der Waals surface area contributed by atoms with E-state index in [1.807, 2.05) is 0 Å². The molecule has 1 heterocycles. The standard InChI is InChI=1S/C31H42N2O3S/c1-29(2,3)21-14-20(15-22(16-21)30(4)11-12-30)25-24(13-19-9-7-6-8-10-19)33-27(37-25)26(34)32-23-17-31(5,18-23)28(35)36/h14-16,19,23H,6-13,17-18H2,1-5H3,(H,32,34)(H,35,36)/t23-,31-. The van der Waals surface area contributed by atoms with Crippen molar-refractivity contribution in [2.45, 2.75) is 116 Å². The summed E-state index contributed by atoms with van der Waals surface area (Å²) in [5, 5.41) is 13.0. The van der Waals surface area contributed by atoms with Gasteiger partial charge in [-0.05, 0) is 84.6 Å². The lowest BCUT2D eigenvalue weighted by Gasteiger charge is -2.41. The molecule has 0 bridgehead atoms. The number of benzene rings is 1.